The van der Waals surface area contributed by atoms with E-state index in [9.17, 15) is 0 Å². The molecule has 0 spiro atoms. The summed E-state index contributed by atoms with van der Waals surface area (Å²) in [6, 6.07) is 0. The summed E-state index contributed by atoms with van der Waals surface area (Å²) in [6.45, 7) is 2.38. The van der Waals surface area contributed by atoms with E-state index in [1.807, 2.05) is 0 Å². The summed E-state index contributed by atoms with van der Waals surface area (Å²) in [5.74, 6) is 0. The maximum atomic E-state index is 2.38. The van der Waals surface area contributed by atoms with Crippen LogP contribution in [0.5, 0.6) is 0 Å². The minimum atomic E-state index is 0.712. The zero-order valence-corrected chi connectivity index (χ0v) is 19.1. The Hall–Kier alpha value is 3.23. The molecule has 7 heavy (non-hydrogen) atoms. The van der Waals surface area contributed by atoms with Crippen LogP contribution in [0.15, 0.2) is 0 Å². The molecule has 0 saturated carbocycles. The predicted octanol–water partition coefficient (Wildman–Crippen LogP) is -0.328. The van der Waals surface area contributed by atoms with Crippen molar-refractivity contribution in [3.63, 3.8) is 0 Å². The van der Waals surface area contributed by atoms with E-state index in [1.165, 1.54) is 0 Å². The Balaban J connectivity index is 3.54. The standard InChI is InChI=1S/C4H9N.Ra.Rb.H/c1-4-5(2)3;;;/h1-3H3;;;. The first-order chi connectivity index (χ1) is 2.94. The van der Waals surface area contributed by atoms with Crippen molar-refractivity contribution in [2.45, 2.75) is 0.572 Å². The summed E-state index contributed by atoms with van der Waals surface area (Å²) in [5, 5.41) is 0. The van der Waals surface area contributed by atoms with Gasteiger partial charge in [0, 0.05) is 0 Å². The van der Waals surface area contributed by atoms with Gasteiger partial charge in [0.2, 0.25) is 0 Å². The van der Waals surface area contributed by atoms with Gasteiger partial charge in [0.1, 0.15) is 0 Å². The van der Waals surface area contributed by atoms with Crippen LogP contribution in [0, 0.1) is 42.8 Å². The molecular weight excluding hydrogens is 374 g/mol. The van der Waals surface area contributed by atoms with Crippen LogP contribution in [0.2, 0.25) is 0 Å². The van der Waals surface area contributed by atoms with Crippen LogP contribution in [0.4, 0.5) is 0 Å². The summed E-state index contributed by atoms with van der Waals surface area (Å²) in [4.78, 5) is 2.38. The van der Waals surface area contributed by atoms with Gasteiger partial charge in [-0.2, -0.15) is 0 Å². The van der Waals surface area contributed by atoms with Crippen molar-refractivity contribution in [2.75, 3.05) is 14.1 Å². The Morgan fingerprint density at radius 3 is 1.71 bits per heavy atom. The first-order valence-electron chi connectivity index (χ1n) is 2.62. The second kappa shape index (κ2) is 4.18. The fraction of sp³-hybridized carbons (Fsp3) is 1.00. The van der Waals surface area contributed by atoms with Crippen LogP contribution >= 0.6 is 0 Å². The summed E-state index contributed by atoms with van der Waals surface area (Å²) in [6.07, 6.45) is 0. The third-order valence-corrected chi connectivity index (χ3v) is 7.22. The monoisotopic (exact) mass is 383 g/mol. The zero-order chi connectivity index (χ0) is 6.08. The second-order valence-corrected chi connectivity index (χ2v) is 39.3. The van der Waals surface area contributed by atoms with E-state index in [2.05, 4.69) is 25.9 Å². The summed E-state index contributed by atoms with van der Waals surface area (Å²) < 4.78 is 0.773. The van der Waals surface area contributed by atoms with Gasteiger partial charge in [-0.05, 0) is 0 Å². The van der Waals surface area contributed by atoms with Crippen LogP contribution in [-0.2, 0) is 0 Å². The molecule has 1 atom stereocenters. The van der Waals surface area contributed by atoms with Crippen molar-refractivity contribution in [3.8, 4) is 0 Å². The average molecular weight is 384 g/mol. The number of nitrogens with zero attached hydrogens (tertiary/aromatic N) is 1. The molecule has 0 radical (unpaired) electrons. The fourth-order valence-electron chi connectivity index (χ4n) is 0. The Kier molecular flexibility index (Phi) is 6.11. The Bertz CT molecular complexity index is 57.2. The van der Waals surface area contributed by atoms with Crippen molar-refractivity contribution in [1.29, 1.82) is 0 Å². The van der Waals surface area contributed by atoms with Crippen molar-refractivity contribution >= 4 is 55.5 Å². The molecule has 0 bridgehead atoms. The first-order valence-corrected chi connectivity index (χ1v) is 9.19. The minimum absolute atomic E-state index is 0.712. The third kappa shape index (κ3) is 5.67. The molecule has 0 aromatic heterocycles. The molecule has 0 aromatic carbocycles. The van der Waals surface area contributed by atoms with Crippen LogP contribution in [-0.4, -0.2) is 68.2 Å². The van der Waals surface area contributed by atoms with Gasteiger partial charge in [-0.1, -0.05) is 0 Å². The van der Waals surface area contributed by atoms with E-state index in [-0.39, 0.29) is 0 Å². The van der Waals surface area contributed by atoms with E-state index >= 15 is 0 Å². The summed E-state index contributed by atoms with van der Waals surface area (Å²) >= 11 is 1.57. The van der Waals surface area contributed by atoms with Gasteiger partial charge >= 0.3 is 118 Å². The SMILES string of the molecule is CN(C)[C](C)([Rb])[RaH]. The molecule has 0 aromatic rings. The quantitative estimate of drug-likeness (QED) is 0.600. The van der Waals surface area contributed by atoms with Gasteiger partial charge in [0.05, 0.1) is 0 Å². The van der Waals surface area contributed by atoms with Gasteiger partial charge in [0.25, 0.3) is 0 Å². The molecule has 3 heteroatoms. The molecule has 0 heterocycles. The van der Waals surface area contributed by atoms with E-state index < -0.39 is 0 Å². The van der Waals surface area contributed by atoms with Gasteiger partial charge in [-0.15, -0.1) is 0 Å². The topological polar surface area (TPSA) is 3.24 Å². The van der Waals surface area contributed by atoms with E-state index in [4.69, 9.17) is 0 Å². The average Bonchev–Trinajstić information content (AvgIpc) is 1.31. The number of hydrogen-bond donors (Lipinski definition) is 0. The van der Waals surface area contributed by atoms with Crippen molar-refractivity contribution in [3.05, 3.63) is 0 Å². The summed E-state index contributed by atoms with van der Waals surface area (Å²) in [7, 11) is 4.39. The van der Waals surface area contributed by atoms with Crippen LogP contribution in [0.3, 0.4) is 0 Å². The van der Waals surface area contributed by atoms with Crippen LogP contribution in [0.25, 0.3) is 0 Å². The van der Waals surface area contributed by atoms with Gasteiger partial charge in [-0.25, -0.2) is 0 Å². The van der Waals surface area contributed by atoms with Crippen molar-refractivity contribution in [1.82, 2.24) is 4.90 Å². The molecule has 1 unspecified atom stereocenters. The van der Waals surface area contributed by atoms with Crippen molar-refractivity contribution < 1.29 is 42.8 Å². The van der Waals surface area contributed by atoms with E-state index in [1.54, 1.807) is 0 Å². The molecule has 0 aliphatic carbocycles. The maximum absolute atomic E-state index is 2.38. The Morgan fingerprint density at radius 2 is 1.71 bits per heavy atom. The molecule has 1 nitrogen and oxygen atoms in total. The molecule has 0 N–H and O–H groups in total. The van der Waals surface area contributed by atoms with Crippen LogP contribution in [0.1, 0.15) is 6.92 Å². The van der Waals surface area contributed by atoms with Crippen LogP contribution < -0.4 is 0 Å². The Morgan fingerprint density at radius 1 is 1.57 bits per heavy atom. The zero-order valence-electron chi connectivity index (χ0n) is 5.95. The normalized spacial score (nSPS) is 19.6. The number of hydrogen-bond acceptors (Lipinski definition) is 1. The van der Waals surface area contributed by atoms with E-state index in [0.717, 1.165) is 49.2 Å². The van der Waals surface area contributed by atoms with Gasteiger partial charge in [0.15, 0.2) is 0 Å². The van der Waals surface area contributed by atoms with E-state index in [0.29, 0.717) is 42.8 Å². The Labute approximate surface area is 114 Å². The number of rotatable bonds is 1. The van der Waals surface area contributed by atoms with Gasteiger partial charge < -0.3 is 0 Å². The second-order valence-electron chi connectivity index (χ2n) is 3.07. The molecular formula is C4H10NRaRb. The molecule has 0 rings (SSSR count). The van der Waals surface area contributed by atoms with Gasteiger partial charge in [-0.3, -0.25) is 0 Å². The molecule has 34 valence electrons. The first kappa shape index (κ1) is 10.2. The molecule has 0 amide bonds. The van der Waals surface area contributed by atoms with Crippen molar-refractivity contribution in [2.24, 2.45) is 0 Å². The predicted molar refractivity (Wildman–Crippen MR) is 29.2 cm³/mol. The molecule has 0 aliphatic rings. The molecule has 0 saturated heterocycles. The fourth-order valence-corrected chi connectivity index (χ4v) is 0. The molecule has 0 fully saturated rings. The molecule has 0 aliphatic heterocycles. The summed E-state index contributed by atoms with van der Waals surface area (Å²) in [5.41, 5.74) is 0. The third-order valence-electron chi connectivity index (χ3n) is 1.34.